The lowest BCUT2D eigenvalue weighted by atomic mass is 10.1. The molecule has 0 saturated carbocycles. The van der Waals surface area contributed by atoms with Crippen LogP contribution >= 0.6 is 0 Å². The average molecular weight is 456 g/mol. The van der Waals surface area contributed by atoms with Crippen LogP contribution < -0.4 is 10.3 Å². The van der Waals surface area contributed by atoms with Crippen LogP contribution in [0, 0.1) is 0 Å². The fourth-order valence-electron chi connectivity index (χ4n) is 4.20. The highest BCUT2D eigenvalue weighted by Gasteiger charge is 2.27. The van der Waals surface area contributed by atoms with Gasteiger partial charge in [0.2, 0.25) is 0 Å². The van der Waals surface area contributed by atoms with Crippen molar-refractivity contribution in [1.82, 2.24) is 14.5 Å². The summed E-state index contributed by atoms with van der Waals surface area (Å²) in [5.41, 5.74) is 2.05. The minimum Gasteiger partial charge on any atom is -0.497 e. The van der Waals surface area contributed by atoms with Gasteiger partial charge in [0.25, 0.3) is 11.5 Å². The van der Waals surface area contributed by atoms with Gasteiger partial charge in [-0.1, -0.05) is 55.5 Å². The van der Waals surface area contributed by atoms with Crippen LogP contribution in [0.2, 0.25) is 0 Å². The van der Waals surface area contributed by atoms with E-state index in [0.717, 1.165) is 12.0 Å². The fourth-order valence-corrected chi connectivity index (χ4v) is 4.20. The molecule has 1 atom stereocenters. The Morgan fingerprint density at radius 3 is 2.50 bits per heavy atom. The number of nitrogens with zero attached hydrogens (tertiary/aromatic N) is 3. The first-order valence-corrected chi connectivity index (χ1v) is 11.5. The number of hydrogen-bond donors (Lipinski definition) is 0. The van der Waals surface area contributed by atoms with E-state index in [1.54, 1.807) is 40.8 Å². The summed E-state index contributed by atoms with van der Waals surface area (Å²) in [5, 5.41) is 0.565. The van der Waals surface area contributed by atoms with E-state index in [-0.39, 0.29) is 11.5 Å². The zero-order valence-electron chi connectivity index (χ0n) is 19.8. The van der Waals surface area contributed by atoms with Gasteiger partial charge in [0.1, 0.15) is 11.6 Å². The second kappa shape index (κ2) is 10.3. The summed E-state index contributed by atoms with van der Waals surface area (Å²) in [6, 6.07) is 23.9. The maximum Gasteiger partial charge on any atom is 0.261 e. The van der Waals surface area contributed by atoms with E-state index >= 15 is 0 Å². The number of amides is 1. The third kappa shape index (κ3) is 4.71. The Morgan fingerprint density at radius 1 is 1.03 bits per heavy atom. The zero-order chi connectivity index (χ0) is 24.1. The molecule has 1 unspecified atom stereocenters. The number of carbonyl (C=O) groups is 1. The number of ether oxygens (including phenoxy) is 1. The number of rotatable bonds is 8. The Bertz CT molecular complexity index is 1350. The first-order valence-electron chi connectivity index (χ1n) is 11.5. The number of carbonyl (C=O) groups excluding carboxylic acids is 1. The molecule has 174 valence electrons. The normalized spacial score (nSPS) is 11.9. The minimum absolute atomic E-state index is 0.110. The smallest absolute Gasteiger partial charge is 0.261 e. The van der Waals surface area contributed by atoms with Gasteiger partial charge in [-0.3, -0.25) is 14.2 Å². The van der Waals surface area contributed by atoms with E-state index in [9.17, 15) is 9.59 Å². The van der Waals surface area contributed by atoms with Crippen molar-refractivity contribution in [3.8, 4) is 5.75 Å². The van der Waals surface area contributed by atoms with Crippen molar-refractivity contribution in [2.24, 2.45) is 0 Å². The Hall–Kier alpha value is -3.93. The molecule has 0 fully saturated rings. The maximum absolute atomic E-state index is 13.6. The monoisotopic (exact) mass is 455 g/mol. The summed E-state index contributed by atoms with van der Waals surface area (Å²) in [6.45, 7) is 4.88. The molecule has 1 amide bonds. The molecule has 0 bridgehead atoms. The Morgan fingerprint density at radius 2 is 1.76 bits per heavy atom. The van der Waals surface area contributed by atoms with Crippen LogP contribution in [0.15, 0.2) is 83.7 Å². The van der Waals surface area contributed by atoms with Gasteiger partial charge in [0.15, 0.2) is 0 Å². The predicted octanol–water partition coefficient (Wildman–Crippen LogP) is 5.07. The van der Waals surface area contributed by atoms with Crippen molar-refractivity contribution in [2.45, 2.75) is 32.9 Å². The van der Waals surface area contributed by atoms with Gasteiger partial charge in [-0.25, -0.2) is 4.98 Å². The first kappa shape index (κ1) is 23.2. The molecule has 6 nitrogen and oxygen atoms in total. The Balaban J connectivity index is 1.82. The molecule has 0 aliphatic heterocycles. The highest BCUT2D eigenvalue weighted by atomic mass is 16.5. The van der Waals surface area contributed by atoms with Gasteiger partial charge in [-0.15, -0.1) is 0 Å². The van der Waals surface area contributed by atoms with E-state index in [1.165, 1.54) is 0 Å². The molecule has 0 aliphatic rings. The molecule has 4 rings (SSSR count). The van der Waals surface area contributed by atoms with Crippen molar-refractivity contribution in [3.05, 3.63) is 106 Å². The molecule has 6 heteroatoms. The number of hydrogen-bond acceptors (Lipinski definition) is 4. The second-order valence-electron chi connectivity index (χ2n) is 8.27. The SMILES string of the molecule is CCCN(C(=O)c1cccc(OC)c1)C(C)c1nc2ccccc2c(=O)n1Cc1ccccc1. The lowest BCUT2D eigenvalue weighted by Gasteiger charge is -2.30. The molecule has 1 heterocycles. The maximum atomic E-state index is 13.6. The molecule has 1 aromatic heterocycles. The average Bonchev–Trinajstić information content (AvgIpc) is 2.88. The summed E-state index contributed by atoms with van der Waals surface area (Å²) >= 11 is 0. The van der Waals surface area contributed by atoms with Gasteiger partial charge >= 0.3 is 0 Å². The summed E-state index contributed by atoms with van der Waals surface area (Å²) < 4.78 is 7.01. The molecular weight excluding hydrogens is 426 g/mol. The van der Waals surface area contributed by atoms with Gasteiger partial charge in [0, 0.05) is 12.1 Å². The number of para-hydroxylation sites is 1. The topological polar surface area (TPSA) is 64.4 Å². The highest BCUT2D eigenvalue weighted by molar-refractivity contribution is 5.95. The lowest BCUT2D eigenvalue weighted by Crippen LogP contribution is -2.38. The third-order valence-electron chi connectivity index (χ3n) is 5.96. The van der Waals surface area contributed by atoms with Crippen LogP contribution in [-0.2, 0) is 6.54 Å². The fraction of sp³-hybridized carbons (Fsp3) is 0.250. The largest absolute Gasteiger partial charge is 0.497 e. The Labute approximate surface area is 199 Å². The van der Waals surface area contributed by atoms with Crippen molar-refractivity contribution < 1.29 is 9.53 Å². The molecule has 3 aromatic carbocycles. The van der Waals surface area contributed by atoms with Crippen LogP contribution in [0.3, 0.4) is 0 Å². The zero-order valence-corrected chi connectivity index (χ0v) is 19.8. The van der Waals surface area contributed by atoms with Gasteiger partial charge < -0.3 is 9.64 Å². The van der Waals surface area contributed by atoms with E-state index in [0.29, 0.717) is 41.1 Å². The molecule has 0 aliphatic carbocycles. The molecule has 0 saturated heterocycles. The van der Waals surface area contributed by atoms with Crippen LogP contribution in [0.4, 0.5) is 0 Å². The quantitative estimate of drug-likeness (QED) is 0.372. The second-order valence-corrected chi connectivity index (χ2v) is 8.27. The van der Waals surface area contributed by atoms with Gasteiger partial charge in [-0.05, 0) is 49.2 Å². The van der Waals surface area contributed by atoms with E-state index in [2.05, 4.69) is 0 Å². The number of aromatic nitrogens is 2. The highest BCUT2D eigenvalue weighted by Crippen LogP contribution is 2.24. The first-order chi connectivity index (χ1) is 16.5. The standard InChI is InChI=1S/C28H29N3O3/c1-4-17-30(27(32)22-13-10-14-23(18-22)34-3)20(2)26-29-25-16-9-8-15-24(25)28(33)31(26)19-21-11-6-5-7-12-21/h5-16,18,20H,4,17,19H2,1-3H3. The van der Waals surface area contributed by atoms with Crippen LogP contribution in [-0.4, -0.2) is 34.0 Å². The molecule has 4 aromatic rings. The van der Waals surface area contributed by atoms with Crippen LogP contribution in [0.25, 0.3) is 10.9 Å². The van der Waals surface area contributed by atoms with Crippen molar-refractivity contribution in [3.63, 3.8) is 0 Å². The molecule has 34 heavy (non-hydrogen) atoms. The number of fused-ring (bicyclic) bond motifs is 1. The molecule has 0 N–H and O–H groups in total. The summed E-state index contributed by atoms with van der Waals surface area (Å²) in [7, 11) is 1.58. The lowest BCUT2D eigenvalue weighted by molar-refractivity contribution is 0.0679. The van der Waals surface area contributed by atoms with Crippen LogP contribution in [0.5, 0.6) is 5.75 Å². The van der Waals surface area contributed by atoms with E-state index in [4.69, 9.17) is 9.72 Å². The summed E-state index contributed by atoms with van der Waals surface area (Å²) in [6.07, 6.45) is 0.774. The summed E-state index contributed by atoms with van der Waals surface area (Å²) in [5.74, 6) is 1.07. The number of benzene rings is 3. The third-order valence-corrected chi connectivity index (χ3v) is 5.96. The molecular formula is C28H29N3O3. The van der Waals surface area contributed by atoms with E-state index < -0.39 is 6.04 Å². The van der Waals surface area contributed by atoms with Crippen molar-refractivity contribution in [2.75, 3.05) is 13.7 Å². The van der Waals surface area contributed by atoms with Crippen LogP contribution in [0.1, 0.15) is 48.1 Å². The van der Waals surface area contributed by atoms with Crippen molar-refractivity contribution in [1.29, 1.82) is 0 Å². The van der Waals surface area contributed by atoms with Gasteiger partial charge in [-0.2, -0.15) is 0 Å². The number of methoxy groups -OCH3 is 1. The summed E-state index contributed by atoms with van der Waals surface area (Å²) in [4.78, 5) is 33.8. The van der Waals surface area contributed by atoms with Crippen molar-refractivity contribution >= 4 is 16.8 Å². The predicted molar refractivity (Wildman–Crippen MR) is 134 cm³/mol. The minimum atomic E-state index is -0.417. The Kier molecular flexibility index (Phi) is 7.07. The molecule has 0 radical (unpaired) electrons. The van der Waals surface area contributed by atoms with E-state index in [1.807, 2.05) is 68.4 Å². The van der Waals surface area contributed by atoms with Gasteiger partial charge in [0.05, 0.1) is 30.6 Å². The molecule has 0 spiro atoms.